The Labute approximate surface area is 126 Å². The largest absolute Gasteiger partial charge is 0.384 e. The summed E-state index contributed by atoms with van der Waals surface area (Å²) in [7, 11) is 1.87. The number of hydrogen-bond acceptors (Lipinski definition) is 3. The molecule has 0 radical (unpaired) electrons. The summed E-state index contributed by atoms with van der Waals surface area (Å²) in [4.78, 5) is 0. The van der Waals surface area contributed by atoms with Crippen LogP contribution in [0.2, 0.25) is 0 Å². The van der Waals surface area contributed by atoms with Crippen LogP contribution in [-0.2, 0) is 0 Å². The Kier molecular flexibility index (Phi) is 5.16. The molecule has 0 aliphatic rings. The molecule has 0 amide bonds. The van der Waals surface area contributed by atoms with Gasteiger partial charge in [0.05, 0.1) is 5.71 Å². The molecule has 0 aromatic heterocycles. The predicted octanol–water partition coefficient (Wildman–Crippen LogP) is 3.58. The third-order valence-electron chi connectivity index (χ3n) is 3.13. The van der Waals surface area contributed by atoms with Crippen molar-refractivity contribution < 1.29 is 0 Å². The fourth-order valence-corrected chi connectivity index (χ4v) is 2.02. The lowest BCUT2D eigenvalue weighted by atomic mass is 10.0. The third kappa shape index (κ3) is 3.96. The van der Waals surface area contributed by atoms with Crippen LogP contribution in [0.1, 0.15) is 24.5 Å². The summed E-state index contributed by atoms with van der Waals surface area (Å²) in [6, 6.07) is 20.3. The van der Waals surface area contributed by atoms with E-state index in [4.69, 9.17) is 10.8 Å². The maximum absolute atomic E-state index is 6.01. The molecule has 0 saturated heterocycles. The number of allylic oxidation sites excluding steroid dienone is 1. The molecule has 21 heavy (non-hydrogen) atoms. The van der Waals surface area contributed by atoms with Gasteiger partial charge in [0.15, 0.2) is 0 Å². The van der Waals surface area contributed by atoms with E-state index in [1.165, 1.54) is 0 Å². The fourth-order valence-electron chi connectivity index (χ4n) is 2.02. The zero-order valence-electron chi connectivity index (χ0n) is 12.5. The van der Waals surface area contributed by atoms with Gasteiger partial charge in [-0.2, -0.15) is 5.10 Å². The van der Waals surface area contributed by atoms with Crippen LogP contribution in [0.15, 0.2) is 77.7 Å². The van der Waals surface area contributed by atoms with Crippen molar-refractivity contribution in [2.24, 2.45) is 10.8 Å². The van der Waals surface area contributed by atoms with Gasteiger partial charge >= 0.3 is 0 Å². The lowest BCUT2D eigenvalue weighted by molar-refractivity contribution is 0.439. The van der Waals surface area contributed by atoms with Crippen LogP contribution in [-0.4, -0.2) is 17.8 Å². The first-order valence-corrected chi connectivity index (χ1v) is 7.11. The number of hydrazone groups is 1. The van der Waals surface area contributed by atoms with Crippen LogP contribution in [0.5, 0.6) is 0 Å². The second-order valence-electron chi connectivity index (χ2n) is 4.74. The van der Waals surface area contributed by atoms with E-state index in [0.29, 0.717) is 5.82 Å². The van der Waals surface area contributed by atoms with Crippen molar-refractivity contribution in [3.8, 4) is 0 Å². The lowest BCUT2D eigenvalue weighted by Gasteiger charge is -2.16. The molecular formula is C18H21N3. The summed E-state index contributed by atoms with van der Waals surface area (Å²) in [6.45, 7) is 2.06. The highest BCUT2D eigenvalue weighted by atomic mass is 15.5. The molecule has 2 rings (SSSR count). The van der Waals surface area contributed by atoms with E-state index in [1.807, 2.05) is 49.5 Å². The zero-order valence-corrected chi connectivity index (χ0v) is 12.5. The van der Waals surface area contributed by atoms with Gasteiger partial charge < -0.3 is 5.73 Å². The van der Waals surface area contributed by atoms with Gasteiger partial charge in [0.1, 0.15) is 5.82 Å². The molecule has 0 heterocycles. The standard InChI is InChI=1S/C18H21N3/c1-3-10-17(19)21(2)20-18(15-11-6-4-7-12-15)16-13-8-5-9-14-16/h4-14H,3,19H2,1-2H3/b17-10+. The number of benzene rings is 2. The van der Waals surface area contributed by atoms with Gasteiger partial charge in [0.2, 0.25) is 0 Å². The summed E-state index contributed by atoms with van der Waals surface area (Å²) < 4.78 is 0. The quantitative estimate of drug-likeness (QED) is 0.671. The average Bonchev–Trinajstić information content (AvgIpc) is 2.54. The fraction of sp³-hybridized carbons (Fsp3) is 0.167. The monoisotopic (exact) mass is 279 g/mol. The first kappa shape index (κ1) is 14.9. The van der Waals surface area contributed by atoms with E-state index in [9.17, 15) is 0 Å². The molecule has 2 aromatic rings. The molecule has 0 aliphatic carbocycles. The van der Waals surface area contributed by atoms with E-state index < -0.39 is 0 Å². The van der Waals surface area contributed by atoms with Crippen molar-refractivity contribution in [1.29, 1.82) is 0 Å². The minimum Gasteiger partial charge on any atom is -0.384 e. The zero-order chi connectivity index (χ0) is 15.1. The van der Waals surface area contributed by atoms with Crippen LogP contribution in [0.3, 0.4) is 0 Å². The summed E-state index contributed by atoms with van der Waals surface area (Å²) in [5, 5.41) is 6.41. The molecule has 0 aliphatic heterocycles. The number of nitrogens with zero attached hydrogens (tertiary/aromatic N) is 2. The molecule has 0 fully saturated rings. The van der Waals surface area contributed by atoms with Crippen molar-refractivity contribution in [2.75, 3.05) is 7.05 Å². The van der Waals surface area contributed by atoms with E-state index in [1.54, 1.807) is 5.01 Å². The molecule has 3 heteroatoms. The highest BCUT2D eigenvalue weighted by molar-refractivity contribution is 6.12. The van der Waals surface area contributed by atoms with Crippen LogP contribution in [0.25, 0.3) is 0 Å². The van der Waals surface area contributed by atoms with Gasteiger partial charge in [-0.1, -0.05) is 67.6 Å². The number of rotatable bonds is 5. The van der Waals surface area contributed by atoms with Gasteiger partial charge in [-0.25, -0.2) is 0 Å². The highest BCUT2D eigenvalue weighted by Crippen LogP contribution is 2.12. The van der Waals surface area contributed by atoms with Crippen LogP contribution >= 0.6 is 0 Å². The van der Waals surface area contributed by atoms with Crippen LogP contribution in [0, 0.1) is 0 Å². The van der Waals surface area contributed by atoms with E-state index in [0.717, 1.165) is 23.3 Å². The minimum absolute atomic E-state index is 0.655. The second-order valence-corrected chi connectivity index (χ2v) is 4.74. The van der Waals surface area contributed by atoms with Crippen molar-refractivity contribution in [1.82, 2.24) is 5.01 Å². The average molecular weight is 279 g/mol. The Balaban J connectivity index is 2.45. The van der Waals surface area contributed by atoms with Crippen LogP contribution in [0.4, 0.5) is 0 Å². The molecule has 2 aromatic carbocycles. The van der Waals surface area contributed by atoms with Gasteiger partial charge in [0.25, 0.3) is 0 Å². The third-order valence-corrected chi connectivity index (χ3v) is 3.13. The molecule has 0 bridgehead atoms. The van der Waals surface area contributed by atoms with Gasteiger partial charge in [-0.05, 0) is 12.5 Å². The summed E-state index contributed by atoms with van der Waals surface area (Å²) in [5.41, 5.74) is 9.06. The highest BCUT2D eigenvalue weighted by Gasteiger charge is 2.08. The first-order valence-electron chi connectivity index (χ1n) is 7.11. The number of hydrogen-bond donors (Lipinski definition) is 1. The van der Waals surface area contributed by atoms with E-state index in [-0.39, 0.29) is 0 Å². The Morgan fingerprint density at radius 1 is 1.00 bits per heavy atom. The van der Waals surface area contributed by atoms with Gasteiger partial charge in [-0.3, -0.25) is 5.01 Å². The van der Waals surface area contributed by atoms with Crippen molar-refractivity contribution in [3.63, 3.8) is 0 Å². The van der Waals surface area contributed by atoms with Gasteiger partial charge in [0, 0.05) is 18.2 Å². The molecule has 3 nitrogen and oxygen atoms in total. The SMILES string of the molecule is CC/C=C(\N)N(C)N=C(c1ccccc1)c1ccccc1. The van der Waals surface area contributed by atoms with Crippen molar-refractivity contribution in [3.05, 3.63) is 83.7 Å². The molecule has 0 saturated carbocycles. The molecular weight excluding hydrogens is 258 g/mol. The van der Waals surface area contributed by atoms with Crippen molar-refractivity contribution in [2.45, 2.75) is 13.3 Å². The molecule has 108 valence electrons. The van der Waals surface area contributed by atoms with E-state index >= 15 is 0 Å². The van der Waals surface area contributed by atoms with Gasteiger partial charge in [-0.15, -0.1) is 0 Å². The molecule has 0 spiro atoms. The maximum atomic E-state index is 6.01. The predicted molar refractivity (Wildman–Crippen MR) is 88.8 cm³/mol. The summed E-state index contributed by atoms with van der Waals surface area (Å²) in [5.74, 6) is 0.655. The normalized spacial score (nSPS) is 11.0. The Bertz CT molecular complexity index is 574. The Morgan fingerprint density at radius 2 is 1.48 bits per heavy atom. The summed E-state index contributed by atoms with van der Waals surface area (Å²) >= 11 is 0. The summed E-state index contributed by atoms with van der Waals surface area (Å²) in [6.07, 6.45) is 2.84. The minimum atomic E-state index is 0.655. The molecule has 0 unspecified atom stereocenters. The molecule has 0 atom stereocenters. The maximum Gasteiger partial charge on any atom is 0.115 e. The van der Waals surface area contributed by atoms with Crippen LogP contribution < -0.4 is 5.73 Å². The van der Waals surface area contributed by atoms with E-state index in [2.05, 4.69) is 31.2 Å². The van der Waals surface area contributed by atoms with Crippen molar-refractivity contribution >= 4 is 5.71 Å². The smallest absolute Gasteiger partial charge is 0.115 e. The Hall–Kier alpha value is -2.55. The number of nitrogens with two attached hydrogens (primary N) is 1. The Morgan fingerprint density at radius 3 is 1.90 bits per heavy atom. The topological polar surface area (TPSA) is 41.6 Å². The second kappa shape index (κ2) is 7.29. The molecule has 2 N–H and O–H groups in total. The first-order chi connectivity index (χ1) is 10.2. The lowest BCUT2D eigenvalue weighted by Crippen LogP contribution is -2.20.